The predicted octanol–water partition coefficient (Wildman–Crippen LogP) is 3.31. The molecule has 0 atom stereocenters. The average molecular weight is 288 g/mol. The molecule has 2 aromatic rings. The summed E-state index contributed by atoms with van der Waals surface area (Å²) in [4.78, 5) is 11.0. The predicted molar refractivity (Wildman–Crippen MR) is 63.4 cm³/mol. The molecule has 0 saturated carbocycles. The molecule has 0 aliphatic rings. The highest BCUT2D eigenvalue weighted by Crippen LogP contribution is 2.29. The number of aryl methyl sites for hydroxylation is 1. The summed E-state index contributed by atoms with van der Waals surface area (Å²) in [5, 5.41) is 11.6. The number of aromatic nitrogens is 1. The molecule has 100 valence electrons. The lowest BCUT2D eigenvalue weighted by molar-refractivity contribution is 0.0697. The summed E-state index contributed by atoms with van der Waals surface area (Å²) in [5.41, 5.74) is 0.0979. The van der Waals surface area contributed by atoms with Crippen LogP contribution in [-0.4, -0.2) is 15.4 Å². The topological polar surface area (TPSA) is 62.2 Å². The Hall–Kier alpha value is -2.09. The highest BCUT2D eigenvalue weighted by molar-refractivity contribution is 7.10. The van der Waals surface area contributed by atoms with E-state index in [2.05, 4.69) is 9.69 Å². The lowest BCUT2D eigenvalue weighted by atomic mass is 10.2. The van der Waals surface area contributed by atoms with Crippen molar-refractivity contribution in [3.63, 3.8) is 0 Å². The number of nitrogens with one attached hydrogen (secondary N) is 1. The molecule has 1 heterocycles. The first-order valence-corrected chi connectivity index (χ1v) is 5.78. The number of benzene rings is 1. The van der Waals surface area contributed by atoms with Crippen LogP contribution in [0.3, 0.4) is 0 Å². The molecule has 1 aromatic heterocycles. The molecule has 0 bridgehead atoms. The van der Waals surface area contributed by atoms with Crippen molar-refractivity contribution in [1.29, 1.82) is 0 Å². The summed E-state index contributed by atoms with van der Waals surface area (Å²) >= 11 is 0.835. The van der Waals surface area contributed by atoms with E-state index in [1.165, 1.54) is 6.92 Å². The van der Waals surface area contributed by atoms with E-state index < -0.39 is 23.4 Å². The molecule has 0 amide bonds. The third-order valence-electron chi connectivity index (χ3n) is 2.32. The molecule has 8 heteroatoms. The number of halogens is 3. The van der Waals surface area contributed by atoms with E-state index in [1.54, 1.807) is 0 Å². The Labute approximate surface area is 109 Å². The van der Waals surface area contributed by atoms with Crippen LogP contribution in [0.2, 0.25) is 0 Å². The molecule has 0 radical (unpaired) electrons. The highest BCUT2D eigenvalue weighted by atomic mass is 32.1. The van der Waals surface area contributed by atoms with Crippen LogP contribution in [0.15, 0.2) is 12.1 Å². The normalized spacial score (nSPS) is 10.5. The molecule has 0 fully saturated rings. The van der Waals surface area contributed by atoms with Crippen molar-refractivity contribution in [2.24, 2.45) is 0 Å². The second kappa shape index (κ2) is 4.88. The second-order valence-corrected chi connectivity index (χ2v) is 4.43. The Morgan fingerprint density at radius 2 is 1.89 bits per heavy atom. The van der Waals surface area contributed by atoms with Crippen molar-refractivity contribution in [2.45, 2.75) is 6.92 Å². The third-order valence-corrected chi connectivity index (χ3v) is 3.17. The van der Waals surface area contributed by atoms with Gasteiger partial charge in [0.1, 0.15) is 10.6 Å². The van der Waals surface area contributed by atoms with E-state index in [0.717, 1.165) is 23.7 Å². The standard InChI is InChI=1S/C11H7F3N2O2S/c1-4-8(11(17)18)10(19-16-4)15-5-2-6(12)9(14)7(13)3-5/h2-3,15H,1H3,(H,17,18). The molecule has 0 spiro atoms. The van der Waals surface area contributed by atoms with Gasteiger partial charge in [-0.3, -0.25) is 0 Å². The van der Waals surface area contributed by atoms with E-state index in [4.69, 9.17) is 5.11 Å². The fraction of sp³-hybridized carbons (Fsp3) is 0.0909. The number of hydrogen-bond donors (Lipinski definition) is 2. The maximum atomic E-state index is 13.0. The number of carboxylic acid groups (broad SMARTS) is 1. The quantitative estimate of drug-likeness (QED) is 0.851. The zero-order valence-corrected chi connectivity index (χ0v) is 10.3. The Morgan fingerprint density at radius 3 is 2.42 bits per heavy atom. The van der Waals surface area contributed by atoms with Crippen molar-refractivity contribution in [2.75, 3.05) is 5.32 Å². The van der Waals surface area contributed by atoms with Crippen LogP contribution in [0.1, 0.15) is 16.1 Å². The average Bonchev–Trinajstić information content (AvgIpc) is 2.67. The zero-order chi connectivity index (χ0) is 14.2. The van der Waals surface area contributed by atoms with Crippen molar-refractivity contribution < 1.29 is 23.1 Å². The first-order chi connectivity index (χ1) is 8.90. The first-order valence-electron chi connectivity index (χ1n) is 5.01. The lowest BCUT2D eigenvalue weighted by Crippen LogP contribution is -2.02. The van der Waals surface area contributed by atoms with Crippen molar-refractivity contribution in [3.05, 3.63) is 40.8 Å². The molecular weight excluding hydrogens is 281 g/mol. The number of anilines is 2. The van der Waals surface area contributed by atoms with Gasteiger partial charge in [0.15, 0.2) is 17.5 Å². The fourth-order valence-electron chi connectivity index (χ4n) is 1.47. The summed E-state index contributed by atoms with van der Waals surface area (Å²) in [5.74, 6) is -5.51. The SMILES string of the molecule is Cc1nsc(Nc2cc(F)c(F)c(F)c2)c1C(=O)O. The van der Waals surface area contributed by atoms with Gasteiger partial charge in [-0.2, -0.15) is 4.37 Å². The molecule has 1 aromatic carbocycles. The van der Waals surface area contributed by atoms with Gasteiger partial charge in [-0.15, -0.1) is 0 Å². The minimum absolute atomic E-state index is 0.0878. The van der Waals surface area contributed by atoms with Gasteiger partial charge in [0.2, 0.25) is 0 Å². The van der Waals surface area contributed by atoms with E-state index >= 15 is 0 Å². The molecule has 0 aliphatic heterocycles. The molecule has 0 aliphatic carbocycles. The Kier molecular flexibility index (Phi) is 3.43. The number of carbonyl (C=O) groups is 1. The van der Waals surface area contributed by atoms with E-state index in [1.807, 2.05) is 0 Å². The molecule has 0 unspecified atom stereocenters. The smallest absolute Gasteiger partial charge is 0.340 e. The van der Waals surface area contributed by atoms with Gasteiger partial charge >= 0.3 is 5.97 Å². The van der Waals surface area contributed by atoms with Gasteiger partial charge < -0.3 is 10.4 Å². The van der Waals surface area contributed by atoms with Crippen molar-refractivity contribution >= 4 is 28.2 Å². The van der Waals surface area contributed by atoms with Crippen molar-refractivity contribution in [1.82, 2.24) is 4.37 Å². The summed E-state index contributed by atoms with van der Waals surface area (Å²) in [6, 6.07) is 1.47. The minimum atomic E-state index is -1.58. The van der Waals surface area contributed by atoms with Gasteiger partial charge in [0.25, 0.3) is 0 Å². The lowest BCUT2D eigenvalue weighted by Gasteiger charge is -2.06. The minimum Gasteiger partial charge on any atom is -0.478 e. The van der Waals surface area contributed by atoms with E-state index in [9.17, 15) is 18.0 Å². The number of rotatable bonds is 3. The van der Waals surface area contributed by atoms with Crippen LogP contribution in [0.5, 0.6) is 0 Å². The number of hydrogen-bond acceptors (Lipinski definition) is 4. The molecule has 0 saturated heterocycles. The molecule has 4 nitrogen and oxygen atoms in total. The largest absolute Gasteiger partial charge is 0.478 e. The van der Waals surface area contributed by atoms with Crippen LogP contribution in [0.25, 0.3) is 0 Å². The zero-order valence-electron chi connectivity index (χ0n) is 9.50. The summed E-state index contributed by atoms with van der Waals surface area (Å²) in [6.07, 6.45) is 0. The van der Waals surface area contributed by atoms with E-state index in [-0.39, 0.29) is 21.9 Å². The van der Waals surface area contributed by atoms with Gasteiger partial charge in [-0.1, -0.05) is 0 Å². The first kappa shape index (κ1) is 13.3. The second-order valence-electron chi connectivity index (χ2n) is 3.66. The van der Waals surface area contributed by atoms with Crippen LogP contribution in [0.4, 0.5) is 23.9 Å². The number of carboxylic acids is 1. The maximum Gasteiger partial charge on any atom is 0.340 e. The number of aromatic carboxylic acids is 1. The summed E-state index contributed by atoms with van der Waals surface area (Å²) in [6.45, 7) is 1.50. The van der Waals surface area contributed by atoms with Crippen LogP contribution in [0, 0.1) is 24.4 Å². The van der Waals surface area contributed by atoms with E-state index in [0.29, 0.717) is 0 Å². The van der Waals surface area contributed by atoms with Gasteiger partial charge in [0.05, 0.1) is 5.69 Å². The molecule has 19 heavy (non-hydrogen) atoms. The summed E-state index contributed by atoms with van der Waals surface area (Å²) < 4.78 is 42.7. The Morgan fingerprint density at radius 1 is 1.32 bits per heavy atom. The third kappa shape index (κ3) is 2.53. The van der Waals surface area contributed by atoms with Gasteiger partial charge in [0, 0.05) is 17.8 Å². The molecule has 2 N–H and O–H groups in total. The van der Waals surface area contributed by atoms with Crippen LogP contribution < -0.4 is 5.32 Å². The van der Waals surface area contributed by atoms with Crippen molar-refractivity contribution in [3.8, 4) is 0 Å². The van der Waals surface area contributed by atoms with Crippen LogP contribution >= 0.6 is 11.5 Å². The summed E-state index contributed by atoms with van der Waals surface area (Å²) in [7, 11) is 0. The Bertz CT molecular complexity index is 634. The molecule has 2 rings (SSSR count). The monoisotopic (exact) mass is 288 g/mol. The van der Waals surface area contributed by atoms with Gasteiger partial charge in [-0.05, 0) is 18.5 Å². The maximum absolute atomic E-state index is 13.0. The highest BCUT2D eigenvalue weighted by Gasteiger charge is 2.18. The van der Waals surface area contributed by atoms with Crippen LogP contribution in [-0.2, 0) is 0 Å². The number of nitrogens with zero attached hydrogens (tertiary/aromatic N) is 1. The molecular formula is C11H7F3N2O2S. The van der Waals surface area contributed by atoms with Gasteiger partial charge in [-0.25, -0.2) is 18.0 Å². The Balaban J connectivity index is 2.39. The fourth-order valence-corrected chi connectivity index (χ4v) is 2.27.